The monoisotopic (exact) mass is 313 g/mol. The zero-order valence-corrected chi connectivity index (χ0v) is 14.7. The Morgan fingerprint density at radius 2 is 1.78 bits per heavy atom. The van der Waals surface area contributed by atoms with Gasteiger partial charge in [0.05, 0.1) is 5.69 Å². The number of nitrogens with one attached hydrogen (secondary N) is 2. The number of benzene rings is 2. The van der Waals surface area contributed by atoms with Crippen LogP contribution in [0.5, 0.6) is 0 Å². The Bertz CT molecular complexity index is 674. The molecule has 0 fully saturated rings. The number of fused-ring (bicyclic) bond motifs is 1. The normalized spacial score (nSPS) is 13.1. The summed E-state index contributed by atoms with van der Waals surface area (Å²) in [6, 6.07) is 13.9. The van der Waals surface area contributed by atoms with Crippen molar-refractivity contribution in [3.63, 3.8) is 0 Å². The molecule has 4 heteroatoms. The SMILES string of the molecule is C[C@H](NC(=O)Nc1cccc2ccccc12)C(C)(C)CN(C)C. The van der Waals surface area contributed by atoms with E-state index in [0.29, 0.717) is 0 Å². The van der Waals surface area contributed by atoms with Gasteiger partial charge in [0.25, 0.3) is 0 Å². The molecule has 0 saturated heterocycles. The van der Waals surface area contributed by atoms with Crippen LogP contribution < -0.4 is 10.6 Å². The Morgan fingerprint density at radius 1 is 1.13 bits per heavy atom. The van der Waals surface area contributed by atoms with Crippen molar-refractivity contribution >= 4 is 22.5 Å². The molecule has 0 heterocycles. The fraction of sp³-hybridized carbons (Fsp3) is 0.421. The molecule has 124 valence electrons. The number of hydrogen-bond donors (Lipinski definition) is 2. The molecule has 0 aliphatic heterocycles. The molecule has 0 aliphatic rings. The van der Waals surface area contributed by atoms with Gasteiger partial charge in [0.2, 0.25) is 0 Å². The minimum Gasteiger partial charge on any atom is -0.335 e. The molecule has 2 N–H and O–H groups in total. The average Bonchev–Trinajstić information content (AvgIpc) is 2.46. The molecule has 0 bridgehead atoms. The molecule has 0 radical (unpaired) electrons. The standard InChI is InChI=1S/C19H27N3O/c1-14(19(2,3)13-22(4)5)20-18(23)21-17-12-8-10-15-9-6-7-11-16(15)17/h6-12,14H,13H2,1-5H3,(H2,20,21,23)/t14-/m0/s1. The van der Waals surface area contributed by atoms with Crippen molar-refractivity contribution in [1.29, 1.82) is 0 Å². The molecular weight excluding hydrogens is 286 g/mol. The summed E-state index contributed by atoms with van der Waals surface area (Å²) >= 11 is 0. The molecule has 1 atom stereocenters. The van der Waals surface area contributed by atoms with Gasteiger partial charge in [0.15, 0.2) is 0 Å². The maximum Gasteiger partial charge on any atom is 0.319 e. The lowest BCUT2D eigenvalue weighted by Crippen LogP contribution is -2.48. The quantitative estimate of drug-likeness (QED) is 0.878. The van der Waals surface area contributed by atoms with Gasteiger partial charge in [0, 0.05) is 18.0 Å². The topological polar surface area (TPSA) is 44.4 Å². The second-order valence-corrected chi connectivity index (χ2v) is 7.07. The predicted octanol–water partition coefficient (Wildman–Crippen LogP) is 3.94. The Balaban J connectivity index is 2.07. The van der Waals surface area contributed by atoms with Gasteiger partial charge in [-0.05, 0) is 37.9 Å². The number of anilines is 1. The van der Waals surface area contributed by atoms with Crippen LogP contribution in [-0.2, 0) is 0 Å². The zero-order chi connectivity index (χ0) is 17.0. The minimum absolute atomic E-state index is 0.0143. The van der Waals surface area contributed by atoms with E-state index in [1.165, 1.54) is 0 Å². The van der Waals surface area contributed by atoms with Crippen LogP contribution in [-0.4, -0.2) is 37.6 Å². The van der Waals surface area contributed by atoms with Crippen molar-refractivity contribution in [3.05, 3.63) is 42.5 Å². The highest BCUT2D eigenvalue weighted by molar-refractivity contribution is 6.01. The number of carbonyl (C=O) groups excluding carboxylic acids is 1. The maximum absolute atomic E-state index is 12.4. The highest BCUT2D eigenvalue weighted by Gasteiger charge is 2.27. The third kappa shape index (κ3) is 4.45. The number of hydrogen-bond acceptors (Lipinski definition) is 2. The number of amides is 2. The fourth-order valence-corrected chi connectivity index (χ4v) is 2.84. The van der Waals surface area contributed by atoms with Gasteiger partial charge in [-0.1, -0.05) is 50.2 Å². The first kappa shape index (κ1) is 17.3. The molecule has 0 unspecified atom stereocenters. The van der Waals surface area contributed by atoms with E-state index in [0.717, 1.165) is 23.0 Å². The van der Waals surface area contributed by atoms with Crippen LogP contribution in [0.4, 0.5) is 10.5 Å². The van der Waals surface area contributed by atoms with Crippen LogP contribution in [0, 0.1) is 5.41 Å². The Hall–Kier alpha value is -2.07. The van der Waals surface area contributed by atoms with E-state index < -0.39 is 0 Å². The number of nitrogens with zero attached hydrogens (tertiary/aromatic N) is 1. The molecule has 4 nitrogen and oxygen atoms in total. The highest BCUT2D eigenvalue weighted by atomic mass is 16.2. The molecule has 2 amide bonds. The van der Waals surface area contributed by atoms with Crippen molar-refractivity contribution in [3.8, 4) is 0 Å². The molecule has 0 saturated carbocycles. The van der Waals surface area contributed by atoms with Gasteiger partial charge in [-0.25, -0.2) is 4.79 Å². The summed E-state index contributed by atoms with van der Waals surface area (Å²) in [5, 5.41) is 8.20. The van der Waals surface area contributed by atoms with E-state index in [1.54, 1.807) is 0 Å². The lowest BCUT2D eigenvalue weighted by molar-refractivity contribution is 0.183. The van der Waals surface area contributed by atoms with E-state index in [-0.39, 0.29) is 17.5 Å². The molecule has 2 aromatic carbocycles. The van der Waals surface area contributed by atoms with Gasteiger partial charge in [-0.2, -0.15) is 0 Å². The molecule has 0 aromatic heterocycles. The zero-order valence-electron chi connectivity index (χ0n) is 14.7. The highest BCUT2D eigenvalue weighted by Crippen LogP contribution is 2.24. The largest absolute Gasteiger partial charge is 0.335 e. The molecule has 0 spiro atoms. The maximum atomic E-state index is 12.4. The van der Waals surface area contributed by atoms with Crippen LogP contribution in [0.2, 0.25) is 0 Å². The molecule has 0 aliphatic carbocycles. The molecule has 2 aromatic rings. The van der Waals surface area contributed by atoms with Crippen LogP contribution in [0.3, 0.4) is 0 Å². The van der Waals surface area contributed by atoms with Gasteiger partial charge in [0.1, 0.15) is 0 Å². The van der Waals surface area contributed by atoms with E-state index in [9.17, 15) is 4.79 Å². The van der Waals surface area contributed by atoms with Crippen LogP contribution in [0.15, 0.2) is 42.5 Å². The predicted molar refractivity (Wildman–Crippen MR) is 97.9 cm³/mol. The van der Waals surface area contributed by atoms with Crippen molar-refractivity contribution in [2.45, 2.75) is 26.8 Å². The Kier molecular flexibility index (Phi) is 5.26. The summed E-state index contributed by atoms with van der Waals surface area (Å²) in [5.74, 6) is 0. The van der Waals surface area contributed by atoms with Gasteiger partial charge >= 0.3 is 6.03 Å². The minimum atomic E-state index is -0.166. The summed E-state index contributed by atoms with van der Waals surface area (Å²) in [7, 11) is 4.09. The first-order valence-electron chi connectivity index (χ1n) is 7.99. The smallest absolute Gasteiger partial charge is 0.319 e. The van der Waals surface area contributed by atoms with Crippen molar-refractivity contribution in [2.75, 3.05) is 26.0 Å². The van der Waals surface area contributed by atoms with Crippen LogP contribution in [0.25, 0.3) is 10.8 Å². The van der Waals surface area contributed by atoms with Crippen LogP contribution in [0.1, 0.15) is 20.8 Å². The lowest BCUT2D eigenvalue weighted by Gasteiger charge is -2.34. The second kappa shape index (κ2) is 7.01. The molecule has 2 rings (SSSR count). The molecule has 23 heavy (non-hydrogen) atoms. The lowest BCUT2D eigenvalue weighted by atomic mass is 9.85. The Morgan fingerprint density at radius 3 is 2.48 bits per heavy atom. The van der Waals surface area contributed by atoms with E-state index in [2.05, 4.69) is 29.4 Å². The first-order valence-corrected chi connectivity index (χ1v) is 7.99. The third-order valence-electron chi connectivity index (χ3n) is 4.28. The van der Waals surface area contributed by atoms with Crippen molar-refractivity contribution in [1.82, 2.24) is 10.2 Å². The van der Waals surface area contributed by atoms with Crippen molar-refractivity contribution in [2.24, 2.45) is 5.41 Å². The van der Waals surface area contributed by atoms with Crippen LogP contribution >= 0.6 is 0 Å². The van der Waals surface area contributed by atoms with Gasteiger partial charge in [-0.3, -0.25) is 0 Å². The number of rotatable bonds is 5. The average molecular weight is 313 g/mol. The van der Waals surface area contributed by atoms with Gasteiger partial charge in [-0.15, -0.1) is 0 Å². The summed E-state index contributed by atoms with van der Waals surface area (Å²) in [6.07, 6.45) is 0. The Labute approximate surface area is 138 Å². The van der Waals surface area contributed by atoms with E-state index >= 15 is 0 Å². The summed E-state index contributed by atoms with van der Waals surface area (Å²) in [5.41, 5.74) is 0.817. The fourth-order valence-electron chi connectivity index (χ4n) is 2.84. The summed E-state index contributed by atoms with van der Waals surface area (Å²) in [4.78, 5) is 14.5. The summed E-state index contributed by atoms with van der Waals surface area (Å²) in [6.45, 7) is 7.28. The second-order valence-electron chi connectivity index (χ2n) is 7.07. The van der Waals surface area contributed by atoms with Gasteiger partial charge < -0.3 is 15.5 Å². The number of urea groups is 1. The van der Waals surface area contributed by atoms with Crippen molar-refractivity contribution < 1.29 is 4.79 Å². The summed E-state index contributed by atoms with van der Waals surface area (Å²) < 4.78 is 0. The van der Waals surface area contributed by atoms with E-state index in [4.69, 9.17) is 0 Å². The van der Waals surface area contributed by atoms with E-state index in [1.807, 2.05) is 63.5 Å². The first-order chi connectivity index (χ1) is 10.8. The third-order valence-corrected chi connectivity index (χ3v) is 4.28. The number of carbonyl (C=O) groups is 1. The molecular formula is C19H27N3O.